The quantitative estimate of drug-likeness (QED) is 0.876. The van der Waals surface area contributed by atoms with Gasteiger partial charge >= 0.3 is 0 Å². The van der Waals surface area contributed by atoms with Crippen molar-refractivity contribution >= 4 is 17.2 Å². The van der Waals surface area contributed by atoms with E-state index in [0.29, 0.717) is 23.8 Å². The summed E-state index contributed by atoms with van der Waals surface area (Å²) in [5, 5.41) is 7.07. The number of carbonyl (C=O) groups excluding carboxylic acids is 1. The maximum absolute atomic E-state index is 12.2. The fourth-order valence-electron chi connectivity index (χ4n) is 3.33. The zero-order valence-electron chi connectivity index (χ0n) is 13.7. The Morgan fingerprint density at radius 3 is 2.86 bits per heavy atom. The molecule has 2 atom stereocenters. The average molecular weight is 321 g/mol. The van der Waals surface area contributed by atoms with Gasteiger partial charge in [-0.05, 0) is 31.6 Å². The van der Waals surface area contributed by atoms with Gasteiger partial charge in [0.25, 0.3) is 0 Å². The molecule has 1 N–H and O–H groups in total. The first kappa shape index (κ1) is 15.9. The number of amides is 1. The molecule has 1 aliphatic carbocycles. The number of aromatic nitrogens is 1. The first-order valence-corrected chi connectivity index (χ1v) is 9.54. The van der Waals surface area contributed by atoms with E-state index >= 15 is 0 Å². The number of carbonyl (C=O) groups is 1. The van der Waals surface area contributed by atoms with Gasteiger partial charge in [-0.15, -0.1) is 11.3 Å². The molecule has 1 aromatic heterocycles. The van der Waals surface area contributed by atoms with Crippen LogP contribution in [0.2, 0.25) is 0 Å². The zero-order chi connectivity index (χ0) is 15.5. The highest BCUT2D eigenvalue weighted by molar-refractivity contribution is 7.09. The van der Waals surface area contributed by atoms with E-state index in [1.807, 2.05) is 0 Å². The van der Waals surface area contributed by atoms with Crippen molar-refractivity contribution in [3.63, 3.8) is 0 Å². The minimum absolute atomic E-state index is 0.351. The average Bonchev–Trinajstić information content (AvgIpc) is 3.30. The first-order valence-electron chi connectivity index (χ1n) is 8.66. The molecule has 0 spiro atoms. The lowest BCUT2D eigenvalue weighted by Crippen LogP contribution is -2.51. The van der Waals surface area contributed by atoms with E-state index in [0.717, 1.165) is 57.4 Å². The van der Waals surface area contributed by atoms with Crippen LogP contribution < -0.4 is 5.32 Å². The van der Waals surface area contributed by atoms with Gasteiger partial charge in [-0.2, -0.15) is 0 Å². The number of piperidine rings is 1. The van der Waals surface area contributed by atoms with Gasteiger partial charge in [0.2, 0.25) is 5.91 Å². The summed E-state index contributed by atoms with van der Waals surface area (Å²) in [6.07, 6.45) is 5.43. The van der Waals surface area contributed by atoms with E-state index in [9.17, 15) is 4.79 Å². The van der Waals surface area contributed by atoms with Crippen LogP contribution in [-0.2, 0) is 17.8 Å². The van der Waals surface area contributed by atoms with Crippen molar-refractivity contribution in [1.29, 1.82) is 0 Å². The number of nitrogens with one attached hydrogen (secondary N) is 1. The summed E-state index contributed by atoms with van der Waals surface area (Å²) in [7, 11) is 0. The summed E-state index contributed by atoms with van der Waals surface area (Å²) in [6.45, 7) is 7.09. The molecule has 2 aliphatic rings. The molecule has 22 heavy (non-hydrogen) atoms. The van der Waals surface area contributed by atoms with Crippen LogP contribution in [0, 0.1) is 11.8 Å². The lowest BCUT2D eigenvalue weighted by molar-refractivity contribution is -0.134. The summed E-state index contributed by atoms with van der Waals surface area (Å²) in [5.74, 6) is 1.33. The van der Waals surface area contributed by atoms with Crippen LogP contribution in [0.3, 0.4) is 0 Å². The predicted octanol–water partition coefficient (Wildman–Crippen LogP) is 2.83. The van der Waals surface area contributed by atoms with Crippen LogP contribution in [0.15, 0.2) is 5.38 Å². The molecule has 4 nitrogen and oxygen atoms in total. The van der Waals surface area contributed by atoms with E-state index in [1.54, 1.807) is 11.3 Å². The van der Waals surface area contributed by atoms with Crippen LogP contribution in [0.5, 0.6) is 0 Å². The largest absolute Gasteiger partial charge is 0.342 e. The fourth-order valence-corrected chi connectivity index (χ4v) is 4.08. The first-order chi connectivity index (χ1) is 10.7. The number of likely N-dealkylation sites (tertiary alicyclic amines) is 1. The zero-order valence-corrected chi connectivity index (χ0v) is 14.5. The molecule has 1 saturated heterocycles. The lowest BCUT2D eigenvalue weighted by atomic mass is 9.89. The Bertz CT molecular complexity index is 512. The second-order valence-corrected chi connectivity index (χ2v) is 7.53. The van der Waals surface area contributed by atoms with Crippen LogP contribution in [-0.4, -0.2) is 34.9 Å². The van der Waals surface area contributed by atoms with Crippen LogP contribution in [0.4, 0.5) is 0 Å². The number of aryl methyl sites for hydroxylation is 1. The molecule has 0 radical (unpaired) electrons. The fraction of sp³-hybridized carbons (Fsp3) is 0.765. The third-order valence-corrected chi connectivity index (χ3v) is 5.99. The lowest BCUT2D eigenvalue weighted by Gasteiger charge is -2.39. The minimum Gasteiger partial charge on any atom is -0.342 e. The van der Waals surface area contributed by atoms with Crippen LogP contribution >= 0.6 is 11.3 Å². The molecule has 122 valence electrons. The van der Waals surface area contributed by atoms with Crippen molar-refractivity contribution in [1.82, 2.24) is 15.2 Å². The molecular formula is C17H27N3OS. The maximum Gasteiger partial charge on any atom is 0.225 e. The Kier molecular flexibility index (Phi) is 5.14. The molecular weight excluding hydrogens is 294 g/mol. The molecule has 1 saturated carbocycles. The van der Waals surface area contributed by atoms with Gasteiger partial charge in [-0.3, -0.25) is 4.79 Å². The van der Waals surface area contributed by atoms with Gasteiger partial charge < -0.3 is 10.2 Å². The highest BCUT2D eigenvalue weighted by Crippen LogP contribution is 2.33. The Labute approximate surface area is 137 Å². The Hall–Kier alpha value is -0.940. The van der Waals surface area contributed by atoms with Gasteiger partial charge in [-0.25, -0.2) is 4.98 Å². The molecule has 0 aromatic carbocycles. The summed E-state index contributed by atoms with van der Waals surface area (Å²) >= 11 is 1.75. The predicted molar refractivity (Wildman–Crippen MR) is 89.8 cm³/mol. The molecule has 2 fully saturated rings. The molecule has 0 bridgehead atoms. The topological polar surface area (TPSA) is 45.2 Å². The summed E-state index contributed by atoms with van der Waals surface area (Å²) in [6, 6.07) is 0.514. The van der Waals surface area contributed by atoms with Gasteiger partial charge in [-0.1, -0.05) is 20.3 Å². The molecule has 0 unspecified atom stereocenters. The van der Waals surface area contributed by atoms with Crippen LogP contribution in [0.1, 0.15) is 50.2 Å². The minimum atomic E-state index is 0.351. The van der Waals surface area contributed by atoms with Gasteiger partial charge in [0.05, 0.1) is 10.7 Å². The maximum atomic E-state index is 12.2. The molecule has 1 amide bonds. The van der Waals surface area contributed by atoms with Gasteiger partial charge in [0.15, 0.2) is 0 Å². The second-order valence-electron chi connectivity index (χ2n) is 6.59. The van der Waals surface area contributed by atoms with Crippen molar-refractivity contribution in [2.45, 2.75) is 58.5 Å². The second kappa shape index (κ2) is 7.09. The monoisotopic (exact) mass is 321 g/mol. The number of rotatable bonds is 6. The normalized spacial score (nSPS) is 25.5. The van der Waals surface area contributed by atoms with Gasteiger partial charge in [0, 0.05) is 37.0 Å². The van der Waals surface area contributed by atoms with Crippen molar-refractivity contribution in [2.24, 2.45) is 11.8 Å². The molecule has 3 rings (SSSR count). The molecule has 1 aromatic rings. The van der Waals surface area contributed by atoms with E-state index in [1.165, 1.54) is 5.01 Å². The number of nitrogens with zero attached hydrogens (tertiary/aromatic N) is 2. The van der Waals surface area contributed by atoms with Crippen LogP contribution in [0.25, 0.3) is 0 Å². The highest BCUT2D eigenvalue weighted by atomic mass is 32.1. The third-order valence-electron chi connectivity index (χ3n) is 4.94. The van der Waals surface area contributed by atoms with Crippen molar-refractivity contribution in [3.05, 3.63) is 16.1 Å². The summed E-state index contributed by atoms with van der Waals surface area (Å²) in [5.41, 5.74) is 1.16. The Morgan fingerprint density at radius 1 is 1.41 bits per heavy atom. The molecule has 5 heteroatoms. The molecule has 1 aliphatic heterocycles. The van der Waals surface area contributed by atoms with E-state index < -0.39 is 0 Å². The van der Waals surface area contributed by atoms with Gasteiger partial charge in [0.1, 0.15) is 0 Å². The van der Waals surface area contributed by atoms with Crippen molar-refractivity contribution in [2.75, 3.05) is 13.1 Å². The summed E-state index contributed by atoms with van der Waals surface area (Å²) in [4.78, 5) is 19.0. The van der Waals surface area contributed by atoms with Crippen molar-refractivity contribution in [3.8, 4) is 0 Å². The van der Waals surface area contributed by atoms with E-state index in [-0.39, 0.29) is 0 Å². The number of hydrogen-bond donors (Lipinski definition) is 1. The number of hydrogen-bond acceptors (Lipinski definition) is 4. The van der Waals surface area contributed by atoms with Crippen molar-refractivity contribution < 1.29 is 4.79 Å². The standard InChI is InChI=1S/C17H27N3OS/c1-3-12-10-20(17(21)13-5-6-13)8-7-15(12)18-9-14-11-22-16(4-2)19-14/h11-13,15,18H,3-10H2,1-2H3/t12-,15+/m1/s1. The third kappa shape index (κ3) is 3.69. The Balaban J connectivity index is 1.51. The smallest absolute Gasteiger partial charge is 0.225 e. The SMILES string of the molecule is CCc1nc(CN[C@H]2CCN(C(=O)C3CC3)C[C@H]2CC)cs1. The van der Waals surface area contributed by atoms with E-state index in [4.69, 9.17) is 0 Å². The molecule has 2 heterocycles. The summed E-state index contributed by atoms with van der Waals surface area (Å²) < 4.78 is 0. The highest BCUT2D eigenvalue weighted by Gasteiger charge is 2.37. The Morgan fingerprint density at radius 2 is 2.23 bits per heavy atom. The van der Waals surface area contributed by atoms with E-state index in [2.05, 4.69) is 34.4 Å². The number of thiazole rings is 1.